The average molecular weight is 567 g/mol. The monoisotopic (exact) mass is 567 g/mol. The van der Waals surface area contributed by atoms with Crippen molar-refractivity contribution in [2.75, 3.05) is 0 Å². The second-order valence-electron chi connectivity index (χ2n) is 7.31. The average Bonchev–Trinajstić information content (AvgIpc) is 2.69. The summed E-state index contributed by atoms with van der Waals surface area (Å²) in [6.07, 6.45) is -26.8. The third-order valence-electron chi connectivity index (χ3n) is 4.40. The number of hydrogen-bond acceptors (Lipinski definition) is 7. The van der Waals surface area contributed by atoms with Crippen molar-refractivity contribution in [3.05, 3.63) is 42.6 Å². The highest BCUT2D eigenvalue weighted by atomic mass is 19.4. The van der Waals surface area contributed by atoms with Gasteiger partial charge in [-0.15, -0.1) is 0 Å². The number of esters is 2. The Balaban J connectivity index is 3.39. The third kappa shape index (κ3) is 6.02. The van der Waals surface area contributed by atoms with Crippen molar-refractivity contribution in [1.82, 2.24) is 4.98 Å². The van der Waals surface area contributed by atoms with Crippen molar-refractivity contribution >= 4 is 11.9 Å². The van der Waals surface area contributed by atoms with E-state index in [1.54, 1.807) is 0 Å². The summed E-state index contributed by atoms with van der Waals surface area (Å²) in [4.78, 5) is 27.0. The summed E-state index contributed by atoms with van der Waals surface area (Å²) in [5, 5.41) is 8.76. The molecule has 0 amide bonds. The number of carbonyl (C=O) groups is 2. The molecule has 0 bridgehead atoms. The summed E-state index contributed by atoms with van der Waals surface area (Å²) in [6, 6.07) is 2.11. The van der Waals surface area contributed by atoms with Crippen molar-refractivity contribution in [2.45, 2.75) is 55.4 Å². The Morgan fingerprint density at radius 2 is 1.19 bits per heavy atom. The summed E-state index contributed by atoms with van der Waals surface area (Å²) >= 11 is 0. The molecule has 1 aromatic heterocycles. The lowest BCUT2D eigenvalue weighted by molar-refractivity contribution is -0.360. The minimum absolute atomic E-state index is 0.155. The maximum Gasteiger partial charge on any atom is 0.449 e. The van der Waals surface area contributed by atoms with E-state index in [1.807, 2.05) is 0 Å². The lowest BCUT2D eigenvalue weighted by Crippen LogP contribution is -2.64. The molecule has 1 rings (SSSR count). The van der Waals surface area contributed by atoms with E-state index in [9.17, 15) is 62.3 Å². The molecule has 0 saturated heterocycles. The molecular formula is C18H13F12NO6. The molecule has 19 heteroatoms. The Kier molecular flexibility index (Phi) is 8.50. The number of aliphatic hydroxyl groups is 1. The van der Waals surface area contributed by atoms with Crippen molar-refractivity contribution < 1.29 is 81.6 Å². The van der Waals surface area contributed by atoms with Crippen LogP contribution in [0.25, 0.3) is 0 Å². The van der Waals surface area contributed by atoms with Crippen molar-refractivity contribution in [3.63, 3.8) is 0 Å². The fourth-order valence-corrected chi connectivity index (χ4v) is 2.39. The molecular weight excluding hydrogens is 554 g/mol. The number of nitrogens with zero attached hydrogens (tertiary/aromatic N) is 1. The second-order valence-corrected chi connectivity index (χ2v) is 7.31. The van der Waals surface area contributed by atoms with Gasteiger partial charge in [-0.1, -0.05) is 0 Å². The summed E-state index contributed by atoms with van der Waals surface area (Å²) in [5.74, 6) is -6.77. The SMILES string of the molecule is CC(C)(OC(=O)C(O/C=C/OC(=O)C(O)(C(F)(F)F)C(F)(F)F)(C(F)(F)F)C(F)(F)F)c1ccncc1. The molecule has 0 atom stereocenters. The van der Waals surface area contributed by atoms with Crippen LogP contribution in [0.5, 0.6) is 0 Å². The minimum Gasteiger partial charge on any atom is -0.464 e. The first-order valence-corrected chi connectivity index (χ1v) is 9.03. The van der Waals surface area contributed by atoms with Crippen LogP contribution in [-0.4, -0.2) is 57.9 Å². The van der Waals surface area contributed by atoms with Crippen LogP contribution < -0.4 is 0 Å². The zero-order valence-corrected chi connectivity index (χ0v) is 17.9. The summed E-state index contributed by atoms with van der Waals surface area (Å²) in [5.41, 5.74) is -14.5. The molecule has 0 spiro atoms. The number of aromatic nitrogens is 1. The molecule has 1 aromatic rings. The highest BCUT2D eigenvalue weighted by Gasteiger charge is 2.80. The van der Waals surface area contributed by atoms with Gasteiger partial charge in [-0.3, -0.25) is 4.98 Å². The molecule has 0 aromatic carbocycles. The Morgan fingerprint density at radius 1 is 0.757 bits per heavy atom. The van der Waals surface area contributed by atoms with Gasteiger partial charge in [0.25, 0.3) is 0 Å². The number of ether oxygens (including phenoxy) is 3. The number of rotatable bonds is 7. The van der Waals surface area contributed by atoms with Crippen LogP contribution in [-0.2, 0) is 29.4 Å². The zero-order valence-electron chi connectivity index (χ0n) is 17.9. The fraction of sp³-hybridized carbons (Fsp3) is 0.500. The first kappa shape index (κ1) is 31.8. The first-order chi connectivity index (χ1) is 16.4. The van der Waals surface area contributed by atoms with Gasteiger partial charge in [0.1, 0.15) is 18.1 Å². The molecule has 0 unspecified atom stereocenters. The molecule has 0 radical (unpaired) electrons. The van der Waals surface area contributed by atoms with Crippen molar-refractivity contribution in [1.29, 1.82) is 0 Å². The third-order valence-corrected chi connectivity index (χ3v) is 4.40. The highest BCUT2D eigenvalue weighted by molar-refractivity contribution is 5.83. The molecule has 0 aliphatic heterocycles. The number of carbonyl (C=O) groups excluding carboxylic acids is 2. The Morgan fingerprint density at radius 3 is 1.57 bits per heavy atom. The van der Waals surface area contributed by atoms with Crippen molar-refractivity contribution in [2.24, 2.45) is 0 Å². The van der Waals surface area contributed by atoms with E-state index in [-0.39, 0.29) is 5.56 Å². The van der Waals surface area contributed by atoms with Crippen LogP contribution in [0.3, 0.4) is 0 Å². The van der Waals surface area contributed by atoms with Gasteiger partial charge in [-0.05, 0) is 31.5 Å². The normalized spacial score (nSPS) is 14.5. The van der Waals surface area contributed by atoms with Gasteiger partial charge in [0.2, 0.25) is 0 Å². The van der Waals surface area contributed by atoms with E-state index in [0.717, 1.165) is 38.4 Å². The molecule has 0 fully saturated rings. The topological polar surface area (TPSA) is 95.0 Å². The molecule has 0 saturated carbocycles. The van der Waals surface area contributed by atoms with E-state index < -0.39 is 66.0 Å². The van der Waals surface area contributed by atoms with Gasteiger partial charge < -0.3 is 19.3 Å². The van der Waals surface area contributed by atoms with Crippen molar-refractivity contribution in [3.8, 4) is 0 Å². The quantitative estimate of drug-likeness (QED) is 0.292. The first-order valence-electron chi connectivity index (χ1n) is 9.03. The lowest BCUT2D eigenvalue weighted by Gasteiger charge is -2.36. The second kappa shape index (κ2) is 9.90. The number of halogens is 12. The van der Waals surface area contributed by atoms with Gasteiger partial charge in [-0.2, -0.15) is 52.7 Å². The van der Waals surface area contributed by atoms with Crippen LogP contribution >= 0.6 is 0 Å². The van der Waals surface area contributed by atoms with Gasteiger partial charge >= 0.3 is 47.8 Å². The Bertz CT molecular complexity index is 968. The molecule has 0 aliphatic rings. The molecule has 210 valence electrons. The van der Waals surface area contributed by atoms with Gasteiger partial charge in [0.05, 0.1) is 0 Å². The van der Waals surface area contributed by atoms with Crippen LogP contribution in [0, 0.1) is 0 Å². The van der Waals surface area contributed by atoms with E-state index in [2.05, 4.69) is 19.2 Å². The Labute approximate surface area is 197 Å². The largest absolute Gasteiger partial charge is 0.464 e. The van der Waals surface area contributed by atoms with E-state index >= 15 is 0 Å². The molecule has 0 aliphatic carbocycles. The fourth-order valence-electron chi connectivity index (χ4n) is 2.39. The maximum atomic E-state index is 13.6. The van der Waals surface area contributed by atoms with Gasteiger partial charge in [0.15, 0.2) is 0 Å². The van der Waals surface area contributed by atoms with Crippen LogP contribution in [0.4, 0.5) is 52.7 Å². The molecule has 37 heavy (non-hydrogen) atoms. The predicted octanol–water partition coefficient (Wildman–Crippen LogP) is 4.61. The summed E-state index contributed by atoms with van der Waals surface area (Å²) in [6.45, 7) is 1.73. The molecule has 1 heterocycles. The van der Waals surface area contributed by atoms with Gasteiger partial charge in [0, 0.05) is 12.4 Å². The van der Waals surface area contributed by atoms with E-state index in [0.29, 0.717) is 0 Å². The maximum absolute atomic E-state index is 13.6. The van der Waals surface area contributed by atoms with Gasteiger partial charge in [-0.25, -0.2) is 9.59 Å². The predicted molar refractivity (Wildman–Crippen MR) is 91.6 cm³/mol. The zero-order chi connectivity index (χ0) is 29.3. The number of hydrogen-bond donors (Lipinski definition) is 1. The number of pyridine rings is 1. The number of alkyl halides is 12. The molecule has 1 N–H and O–H groups in total. The van der Waals surface area contributed by atoms with E-state index in [1.165, 1.54) is 0 Å². The van der Waals surface area contributed by atoms with Crippen LogP contribution in [0.1, 0.15) is 19.4 Å². The summed E-state index contributed by atoms with van der Waals surface area (Å²) < 4.78 is 168. The van der Waals surface area contributed by atoms with Crippen LogP contribution in [0.15, 0.2) is 37.1 Å². The van der Waals surface area contributed by atoms with E-state index in [4.69, 9.17) is 5.11 Å². The molecule has 7 nitrogen and oxygen atoms in total. The Hall–Kier alpha value is -3.25. The highest BCUT2D eigenvalue weighted by Crippen LogP contribution is 2.48. The summed E-state index contributed by atoms with van der Waals surface area (Å²) in [7, 11) is 0. The van der Waals surface area contributed by atoms with Crippen LogP contribution in [0.2, 0.25) is 0 Å². The lowest BCUT2D eigenvalue weighted by atomic mass is 9.97. The standard InChI is InChI=1S/C18H13F12NO6/c1-12(2,9-3-5-31-6-4-9)37-11(33)14(17(25,26)27,18(28,29)30)36-8-7-35-10(32)13(34,15(19,20)21)16(22,23)24/h3-8,34H,1-2H3/b8-7+. The smallest absolute Gasteiger partial charge is 0.449 e. The minimum atomic E-state index is -6.78.